The van der Waals surface area contributed by atoms with Gasteiger partial charge >= 0.3 is 11.9 Å². The number of amides is 1. The summed E-state index contributed by atoms with van der Waals surface area (Å²) in [6.45, 7) is 3.52. The van der Waals surface area contributed by atoms with Crippen LogP contribution in [0, 0.1) is 11.3 Å². The maximum Gasteiger partial charge on any atom is 0.397 e. The fourth-order valence-electron chi connectivity index (χ4n) is 3.04. The summed E-state index contributed by atoms with van der Waals surface area (Å²) in [5, 5.41) is 10.4. The smallest absolute Gasteiger partial charge is 0.397 e. The average molecular weight is 368 g/mol. The summed E-state index contributed by atoms with van der Waals surface area (Å²) in [7, 11) is 1.59. The Morgan fingerprint density at radius 3 is 2.59 bits per heavy atom. The Labute approximate surface area is 156 Å². The Hall–Kier alpha value is -3.34. The van der Waals surface area contributed by atoms with E-state index in [1.165, 1.54) is 4.90 Å². The van der Waals surface area contributed by atoms with Crippen LogP contribution in [0.15, 0.2) is 24.3 Å². The Kier molecular flexibility index (Phi) is 5.41. The van der Waals surface area contributed by atoms with Gasteiger partial charge in [-0.05, 0) is 31.2 Å². The fraction of sp³-hybridized carbons (Fsp3) is 0.368. The van der Waals surface area contributed by atoms with Crippen LogP contribution in [-0.4, -0.2) is 61.7 Å². The molecule has 1 aliphatic rings. The molecule has 0 aliphatic carbocycles. The number of pyridine rings is 1. The molecule has 27 heavy (non-hydrogen) atoms. The third-order valence-corrected chi connectivity index (χ3v) is 4.44. The van der Waals surface area contributed by atoms with Crippen LogP contribution in [0.4, 0.5) is 5.82 Å². The van der Waals surface area contributed by atoms with Crippen molar-refractivity contribution in [2.45, 2.75) is 6.92 Å². The van der Waals surface area contributed by atoms with Crippen molar-refractivity contribution in [2.75, 3.05) is 44.8 Å². The first-order valence-electron chi connectivity index (χ1n) is 8.67. The fourth-order valence-corrected chi connectivity index (χ4v) is 3.04. The van der Waals surface area contributed by atoms with Gasteiger partial charge in [0.2, 0.25) is 0 Å². The van der Waals surface area contributed by atoms with E-state index in [1.54, 1.807) is 20.1 Å². The van der Waals surface area contributed by atoms with E-state index in [-0.39, 0.29) is 6.61 Å². The predicted octanol–water partition coefficient (Wildman–Crippen LogP) is 1.33. The third kappa shape index (κ3) is 3.77. The van der Waals surface area contributed by atoms with Crippen molar-refractivity contribution >= 4 is 28.6 Å². The Balaban J connectivity index is 1.79. The van der Waals surface area contributed by atoms with Crippen molar-refractivity contribution in [3.05, 3.63) is 29.8 Å². The Bertz CT molecular complexity index is 914. The van der Waals surface area contributed by atoms with E-state index >= 15 is 0 Å². The number of esters is 1. The van der Waals surface area contributed by atoms with E-state index in [0.717, 1.165) is 10.9 Å². The molecule has 8 heteroatoms. The highest BCUT2D eigenvalue weighted by Crippen LogP contribution is 2.26. The van der Waals surface area contributed by atoms with Crippen molar-refractivity contribution in [3.63, 3.8) is 0 Å². The number of carbonyl (C=O) groups excluding carboxylic acids is 2. The SMILES string of the molecule is CCOC(=O)C(=O)N1CCN(c2nc3ccc(OC)cc3cc2C#N)CC1. The highest BCUT2D eigenvalue weighted by molar-refractivity contribution is 6.32. The Morgan fingerprint density at radius 1 is 1.22 bits per heavy atom. The molecule has 0 radical (unpaired) electrons. The lowest BCUT2D eigenvalue weighted by atomic mass is 10.1. The van der Waals surface area contributed by atoms with Crippen LogP contribution >= 0.6 is 0 Å². The van der Waals surface area contributed by atoms with Gasteiger partial charge in [-0.25, -0.2) is 9.78 Å². The lowest BCUT2D eigenvalue weighted by Gasteiger charge is -2.35. The molecule has 1 fully saturated rings. The summed E-state index contributed by atoms with van der Waals surface area (Å²) in [4.78, 5) is 31.7. The molecule has 3 rings (SSSR count). The largest absolute Gasteiger partial charge is 0.497 e. The summed E-state index contributed by atoms with van der Waals surface area (Å²) in [5.41, 5.74) is 1.22. The van der Waals surface area contributed by atoms with E-state index in [9.17, 15) is 14.9 Å². The molecular weight excluding hydrogens is 348 g/mol. The minimum absolute atomic E-state index is 0.169. The second-order valence-corrected chi connectivity index (χ2v) is 6.03. The molecule has 2 aromatic rings. The van der Waals surface area contributed by atoms with Gasteiger partial charge in [0, 0.05) is 31.6 Å². The molecule has 0 spiro atoms. The van der Waals surface area contributed by atoms with Crippen molar-refractivity contribution in [1.82, 2.24) is 9.88 Å². The molecule has 8 nitrogen and oxygen atoms in total. The van der Waals surface area contributed by atoms with E-state index in [2.05, 4.69) is 11.1 Å². The molecule has 140 valence electrons. The quantitative estimate of drug-likeness (QED) is 0.596. The maximum absolute atomic E-state index is 12.0. The minimum atomic E-state index is -0.832. The second kappa shape index (κ2) is 7.91. The van der Waals surface area contributed by atoms with Crippen LogP contribution in [0.5, 0.6) is 5.75 Å². The summed E-state index contributed by atoms with van der Waals surface area (Å²) in [6, 6.07) is 9.48. The number of piperazine rings is 1. The van der Waals surface area contributed by atoms with Crippen LogP contribution in [0.3, 0.4) is 0 Å². The lowest BCUT2D eigenvalue weighted by molar-refractivity contribution is -0.160. The zero-order valence-electron chi connectivity index (χ0n) is 15.3. The van der Waals surface area contributed by atoms with Crippen molar-refractivity contribution in [1.29, 1.82) is 5.26 Å². The van der Waals surface area contributed by atoms with Gasteiger partial charge in [-0.1, -0.05) is 0 Å². The molecule has 0 N–H and O–H groups in total. The van der Waals surface area contributed by atoms with Gasteiger partial charge < -0.3 is 19.3 Å². The topological polar surface area (TPSA) is 95.8 Å². The van der Waals surface area contributed by atoms with Gasteiger partial charge in [0.1, 0.15) is 17.6 Å². The van der Waals surface area contributed by atoms with E-state index in [1.807, 2.05) is 23.1 Å². The van der Waals surface area contributed by atoms with E-state index in [0.29, 0.717) is 43.3 Å². The van der Waals surface area contributed by atoms with Crippen LogP contribution in [0.1, 0.15) is 12.5 Å². The average Bonchev–Trinajstić information content (AvgIpc) is 2.72. The molecule has 0 unspecified atom stereocenters. The summed E-state index contributed by atoms with van der Waals surface area (Å²) >= 11 is 0. The second-order valence-electron chi connectivity index (χ2n) is 6.03. The molecule has 1 aromatic carbocycles. The van der Waals surface area contributed by atoms with Crippen molar-refractivity contribution in [3.8, 4) is 11.8 Å². The van der Waals surface area contributed by atoms with Gasteiger partial charge in [0.15, 0.2) is 0 Å². The number of anilines is 1. The zero-order valence-corrected chi connectivity index (χ0v) is 15.3. The summed E-state index contributed by atoms with van der Waals surface area (Å²) in [5.74, 6) is -0.178. The molecule has 1 saturated heterocycles. The molecule has 0 bridgehead atoms. The molecule has 1 aromatic heterocycles. The summed E-state index contributed by atoms with van der Waals surface area (Å²) in [6.07, 6.45) is 0. The van der Waals surface area contributed by atoms with E-state index in [4.69, 9.17) is 9.47 Å². The number of ether oxygens (including phenoxy) is 2. The van der Waals surface area contributed by atoms with Crippen LogP contribution in [-0.2, 0) is 14.3 Å². The number of hydrogen-bond donors (Lipinski definition) is 0. The number of methoxy groups -OCH3 is 1. The first-order valence-corrected chi connectivity index (χ1v) is 8.67. The van der Waals surface area contributed by atoms with E-state index < -0.39 is 11.9 Å². The van der Waals surface area contributed by atoms with Crippen molar-refractivity contribution in [2.24, 2.45) is 0 Å². The number of nitrogens with zero attached hydrogens (tertiary/aromatic N) is 4. The number of aromatic nitrogens is 1. The number of benzene rings is 1. The Morgan fingerprint density at radius 2 is 1.96 bits per heavy atom. The van der Waals surface area contributed by atoms with Gasteiger partial charge in [-0.3, -0.25) is 4.79 Å². The summed E-state index contributed by atoms with van der Waals surface area (Å²) < 4.78 is 9.98. The zero-order chi connectivity index (χ0) is 19.4. The molecule has 2 heterocycles. The third-order valence-electron chi connectivity index (χ3n) is 4.44. The molecule has 1 aliphatic heterocycles. The molecule has 0 saturated carbocycles. The van der Waals surface area contributed by atoms with Gasteiger partial charge in [-0.15, -0.1) is 0 Å². The first-order chi connectivity index (χ1) is 13.1. The predicted molar refractivity (Wildman–Crippen MR) is 98.4 cm³/mol. The highest BCUT2D eigenvalue weighted by Gasteiger charge is 2.28. The first kappa shape index (κ1) is 18.5. The maximum atomic E-state index is 12.0. The number of fused-ring (bicyclic) bond motifs is 1. The minimum Gasteiger partial charge on any atom is -0.497 e. The molecule has 1 amide bonds. The van der Waals surface area contributed by atoms with Gasteiger partial charge in [0.25, 0.3) is 0 Å². The van der Waals surface area contributed by atoms with Gasteiger partial charge in [0.05, 0.1) is 24.8 Å². The van der Waals surface area contributed by atoms with Crippen LogP contribution < -0.4 is 9.64 Å². The number of carbonyl (C=O) groups is 2. The number of rotatable bonds is 3. The lowest BCUT2D eigenvalue weighted by Crippen LogP contribution is -2.51. The van der Waals surface area contributed by atoms with Gasteiger partial charge in [-0.2, -0.15) is 5.26 Å². The number of hydrogen-bond acceptors (Lipinski definition) is 7. The van der Waals surface area contributed by atoms with Crippen molar-refractivity contribution < 1.29 is 19.1 Å². The van der Waals surface area contributed by atoms with Crippen LogP contribution in [0.2, 0.25) is 0 Å². The van der Waals surface area contributed by atoms with Crippen LogP contribution in [0.25, 0.3) is 10.9 Å². The standard InChI is InChI=1S/C19H20N4O4/c1-3-27-19(25)18(24)23-8-6-22(7-9-23)17-14(12-20)10-13-11-15(26-2)4-5-16(13)21-17/h4-5,10-11H,3,6-9H2,1-2H3. The monoisotopic (exact) mass is 368 g/mol. The molecular formula is C19H20N4O4. The highest BCUT2D eigenvalue weighted by atomic mass is 16.5. The molecule has 0 atom stereocenters. The number of nitriles is 1. The normalized spacial score (nSPS) is 14.0.